The molecule has 0 atom stereocenters. The Kier molecular flexibility index (Phi) is 5.25. The van der Waals surface area contributed by atoms with E-state index in [1.54, 1.807) is 24.6 Å². The SMILES string of the molecule is COc1c(C)cnc(Cn2c(Sc3nc4cccc(Cl)c4s3)nc3cncnc32)c1C. The van der Waals surface area contributed by atoms with Crippen LogP contribution >= 0.6 is 34.7 Å². The molecule has 0 aliphatic carbocycles. The molecule has 0 fully saturated rings. The number of ether oxygens (including phenoxy) is 1. The van der Waals surface area contributed by atoms with Crippen molar-refractivity contribution >= 4 is 56.1 Å². The molecule has 0 aliphatic rings. The van der Waals surface area contributed by atoms with Gasteiger partial charge in [-0.15, -0.1) is 11.3 Å². The first-order chi connectivity index (χ1) is 15.0. The number of rotatable bonds is 5. The summed E-state index contributed by atoms with van der Waals surface area (Å²) in [4.78, 5) is 22.7. The fourth-order valence-electron chi connectivity index (χ4n) is 3.47. The molecule has 7 nitrogen and oxygen atoms in total. The number of benzene rings is 1. The first kappa shape index (κ1) is 20.2. The Bertz CT molecular complexity index is 1430. The maximum absolute atomic E-state index is 6.34. The molecule has 5 aromatic rings. The second-order valence-corrected chi connectivity index (χ2v) is 9.55. The van der Waals surface area contributed by atoms with Crippen LogP contribution in [0.4, 0.5) is 0 Å². The summed E-state index contributed by atoms with van der Waals surface area (Å²) in [6.45, 7) is 4.51. The zero-order valence-corrected chi connectivity index (χ0v) is 19.3. The molecule has 156 valence electrons. The zero-order chi connectivity index (χ0) is 21.5. The van der Waals surface area contributed by atoms with Crippen LogP contribution < -0.4 is 4.74 Å². The van der Waals surface area contributed by atoms with E-state index in [0.29, 0.717) is 11.6 Å². The Morgan fingerprint density at radius 3 is 2.81 bits per heavy atom. The average Bonchev–Trinajstić information content (AvgIpc) is 3.32. The number of thiazole rings is 1. The number of hydrogen-bond donors (Lipinski definition) is 0. The molecule has 0 spiro atoms. The third-order valence-electron chi connectivity index (χ3n) is 4.96. The van der Waals surface area contributed by atoms with Crippen LogP contribution in [-0.4, -0.2) is 36.6 Å². The van der Waals surface area contributed by atoms with Gasteiger partial charge in [-0.2, -0.15) is 0 Å². The molecule has 0 unspecified atom stereocenters. The summed E-state index contributed by atoms with van der Waals surface area (Å²) in [6, 6.07) is 5.74. The molecular formula is C21H17ClN6OS2. The second-order valence-electron chi connectivity index (χ2n) is 6.93. The van der Waals surface area contributed by atoms with E-state index >= 15 is 0 Å². The summed E-state index contributed by atoms with van der Waals surface area (Å²) in [5.41, 5.74) is 5.25. The van der Waals surface area contributed by atoms with Gasteiger partial charge in [-0.05, 0) is 37.7 Å². The lowest BCUT2D eigenvalue weighted by atomic mass is 10.1. The van der Waals surface area contributed by atoms with Gasteiger partial charge in [-0.3, -0.25) is 9.55 Å². The van der Waals surface area contributed by atoms with Gasteiger partial charge in [0, 0.05) is 17.3 Å². The van der Waals surface area contributed by atoms with Crippen molar-refractivity contribution in [1.29, 1.82) is 0 Å². The minimum absolute atomic E-state index is 0.504. The Morgan fingerprint density at radius 1 is 1.13 bits per heavy atom. The van der Waals surface area contributed by atoms with Gasteiger partial charge in [-0.1, -0.05) is 17.7 Å². The quantitative estimate of drug-likeness (QED) is 0.346. The molecule has 0 radical (unpaired) electrons. The lowest BCUT2D eigenvalue weighted by Crippen LogP contribution is -2.08. The molecule has 5 rings (SSSR count). The first-order valence-electron chi connectivity index (χ1n) is 9.43. The monoisotopic (exact) mass is 468 g/mol. The van der Waals surface area contributed by atoms with E-state index in [9.17, 15) is 0 Å². The van der Waals surface area contributed by atoms with Crippen molar-refractivity contribution in [1.82, 2.24) is 29.5 Å². The van der Waals surface area contributed by atoms with Crippen LogP contribution in [0.3, 0.4) is 0 Å². The molecule has 0 bridgehead atoms. The number of imidazole rings is 1. The van der Waals surface area contributed by atoms with E-state index in [4.69, 9.17) is 26.3 Å². The Labute approximate surface area is 191 Å². The molecule has 1 aromatic carbocycles. The first-order valence-corrected chi connectivity index (χ1v) is 11.4. The van der Waals surface area contributed by atoms with Gasteiger partial charge in [0.25, 0.3) is 0 Å². The molecule has 31 heavy (non-hydrogen) atoms. The average molecular weight is 469 g/mol. The lowest BCUT2D eigenvalue weighted by molar-refractivity contribution is 0.406. The summed E-state index contributed by atoms with van der Waals surface area (Å²) in [6.07, 6.45) is 5.08. The second kappa shape index (κ2) is 8.07. The number of fused-ring (bicyclic) bond motifs is 2. The van der Waals surface area contributed by atoms with Gasteiger partial charge >= 0.3 is 0 Å². The molecular weight excluding hydrogens is 452 g/mol. The van der Waals surface area contributed by atoms with Crippen LogP contribution in [0.25, 0.3) is 21.4 Å². The van der Waals surface area contributed by atoms with Gasteiger partial charge in [0.1, 0.15) is 17.6 Å². The highest BCUT2D eigenvalue weighted by Crippen LogP contribution is 2.38. The minimum Gasteiger partial charge on any atom is -0.496 e. The van der Waals surface area contributed by atoms with Crippen LogP contribution in [0.1, 0.15) is 16.8 Å². The van der Waals surface area contributed by atoms with Gasteiger partial charge in [-0.25, -0.2) is 19.9 Å². The maximum Gasteiger partial charge on any atom is 0.177 e. The molecule has 0 saturated heterocycles. The van der Waals surface area contributed by atoms with Crippen molar-refractivity contribution in [2.45, 2.75) is 29.9 Å². The Balaban J connectivity index is 1.59. The summed E-state index contributed by atoms with van der Waals surface area (Å²) in [5, 5.41) is 1.47. The molecule has 0 saturated carbocycles. The van der Waals surface area contributed by atoms with Gasteiger partial charge in [0.05, 0.1) is 40.8 Å². The number of hydrogen-bond acceptors (Lipinski definition) is 8. The number of methoxy groups -OCH3 is 1. The number of nitrogens with zero attached hydrogens (tertiary/aromatic N) is 6. The van der Waals surface area contributed by atoms with E-state index < -0.39 is 0 Å². The van der Waals surface area contributed by atoms with Gasteiger partial charge in [0.15, 0.2) is 15.1 Å². The molecule has 4 heterocycles. The minimum atomic E-state index is 0.504. The van der Waals surface area contributed by atoms with Crippen LogP contribution in [-0.2, 0) is 6.54 Å². The van der Waals surface area contributed by atoms with E-state index in [1.165, 1.54) is 18.1 Å². The molecule has 4 aromatic heterocycles. The number of aryl methyl sites for hydroxylation is 1. The molecule has 0 N–H and O–H groups in total. The standard InChI is InChI=1S/C21H17ClN6OS2/c1-11-7-24-16(12(2)17(11)29-3)9-28-19-15(8-23-10-25-19)26-20(28)31-21-27-14-6-4-5-13(22)18(14)30-21/h4-8,10H,9H2,1-3H3. The largest absolute Gasteiger partial charge is 0.496 e. The van der Waals surface area contributed by atoms with E-state index in [2.05, 4.69) is 15.0 Å². The lowest BCUT2D eigenvalue weighted by Gasteiger charge is -2.13. The van der Waals surface area contributed by atoms with Crippen LogP contribution in [0.2, 0.25) is 5.02 Å². The third-order valence-corrected chi connectivity index (χ3v) is 7.55. The van der Waals surface area contributed by atoms with E-state index in [0.717, 1.165) is 53.4 Å². The normalized spacial score (nSPS) is 11.5. The van der Waals surface area contributed by atoms with Gasteiger partial charge in [0.2, 0.25) is 0 Å². The summed E-state index contributed by atoms with van der Waals surface area (Å²) in [7, 11) is 1.68. The zero-order valence-electron chi connectivity index (χ0n) is 17.0. The van der Waals surface area contributed by atoms with Crippen molar-refractivity contribution in [2.24, 2.45) is 0 Å². The number of halogens is 1. The third kappa shape index (κ3) is 3.62. The van der Waals surface area contributed by atoms with E-state index in [1.807, 2.05) is 42.8 Å². The van der Waals surface area contributed by atoms with E-state index in [-0.39, 0.29) is 0 Å². The van der Waals surface area contributed by atoms with Crippen molar-refractivity contribution < 1.29 is 4.74 Å². The predicted octanol–water partition coefficient (Wildman–Crippen LogP) is 5.31. The number of pyridine rings is 1. The highest BCUT2D eigenvalue weighted by molar-refractivity contribution is 8.01. The molecule has 10 heteroatoms. The maximum atomic E-state index is 6.34. The van der Waals surface area contributed by atoms with Crippen LogP contribution in [0.15, 0.2) is 46.4 Å². The highest BCUT2D eigenvalue weighted by Gasteiger charge is 2.19. The fourth-order valence-corrected chi connectivity index (χ4v) is 5.81. The topological polar surface area (TPSA) is 78.6 Å². The van der Waals surface area contributed by atoms with Crippen molar-refractivity contribution in [3.63, 3.8) is 0 Å². The molecule has 0 amide bonds. The number of aromatic nitrogens is 6. The Morgan fingerprint density at radius 2 is 2.00 bits per heavy atom. The van der Waals surface area contributed by atoms with Crippen molar-refractivity contribution in [2.75, 3.05) is 7.11 Å². The highest BCUT2D eigenvalue weighted by atomic mass is 35.5. The van der Waals surface area contributed by atoms with Gasteiger partial charge < -0.3 is 4.74 Å². The smallest absolute Gasteiger partial charge is 0.177 e. The van der Waals surface area contributed by atoms with Crippen LogP contribution in [0, 0.1) is 13.8 Å². The Hall–Kier alpha value is -2.75. The van der Waals surface area contributed by atoms with Crippen LogP contribution in [0.5, 0.6) is 5.75 Å². The molecule has 0 aliphatic heterocycles. The van der Waals surface area contributed by atoms with Crippen molar-refractivity contribution in [3.8, 4) is 5.75 Å². The summed E-state index contributed by atoms with van der Waals surface area (Å²) < 4.78 is 9.45. The summed E-state index contributed by atoms with van der Waals surface area (Å²) in [5.74, 6) is 0.846. The fraction of sp³-hybridized carbons (Fsp3) is 0.190. The summed E-state index contributed by atoms with van der Waals surface area (Å²) >= 11 is 9.37. The predicted molar refractivity (Wildman–Crippen MR) is 123 cm³/mol. The van der Waals surface area contributed by atoms with Crippen molar-refractivity contribution in [3.05, 3.63) is 58.8 Å².